The Bertz CT molecular complexity index is 799. The molecule has 0 aromatic heterocycles. The molecule has 1 aliphatic rings. The summed E-state index contributed by atoms with van der Waals surface area (Å²) in [5, 5.41) is 5.24. The summed E-state index contributed by atoms with van der Waals surface area (Å²) in [6, 6.07) is 13.9. The predicted molar refractivity (Wildman–Crippen MR) is 116 cm³/mol. The first-order valence-corrected chi connectivity index (χ1v) is 10.2. The zero-order valence-electron chi connectivity index (χ0n) is 15.6. The van der Waals surface area contributed by atoms with Crippen LogP contribution in [0.4, 0.5) is 0 Å². The number of thioether (sulfide) groups is 1. The van der Waals surface area contributed by atoms with E-state index in [2.05, 4.69) is 17.4 Å². The van der Waals surface area contributed by atoms with E-state index in [1.807, 2.05) is 30.3 Å². The van der Waals surface area contributed by atoms with Crippen LogP contribution in [0.25, 0.3) is 10.8 Å². The quantitative estimate of drug-likeness (QED) is 0.711. The number of hydrogen-bond acceptors (Lipinski definition) is 5. The van der Waals surface area contributed by atoms with Crippen molar-refractivity contribution in [2.75, 3.05) is 44.4 Å². The number of halogens is 1. The number of nitrogens with zero attached hydrogens (tertiary/aromatic N) is 1. The number of fused-ring (bicyclic) bond motifs is 1. The number of nitrogens with two attached hydrogens (primary N) is 1. The third kappa shape index (κ3) is 6.10. The number of rotatable bonds is 7. The van der Waals surface area contributed by atoms with Crippen molar-refractivity contribution in [3.05, 3.63) is 48.0 Å². The van der Waals surface area contributed by atoms with Gasteiger partial charge in [-0.2, -0.15) is 0 Å². The molecule has 152 valence electrons. The van der Waals surface area contributed by atoms with Gasteiger partial charge in [0, 0.05) is 19.6 Å². The van der Waals surface area contributed by atoms with E-state index in [0.29, 0.717) is 38.6 Å². The first-order chi connectivity index (χ1) is 13.2. The van der Waals surface area contributed by atoms with Gasteiger partial charge in [-0.15, -0.1) is 24.2 Å². The van der Waals surface area contributed by atoms with Crippen LogP contribution in [0.2, 0.25) is 0 Å². The molecule has 2 aromatic rings. The molecule has 0 spiro atoms. The zero-order chi connectivity index (χ0) is 19.1. The summed E-state index contributed by atoms with van der Waals surface area (Å²) in [6.07, 6.45) is 0. The standard InChI is InChI=1S/C20H25N3O3S.ClH/c21-12-18(17-6-5-15-3-1-2-4-16(15)11-17)22-19(24)13-27-14-20(25)23-7-9-26-10-8-23;/h1-6,11,18H,7-10,12-14,21H2,(H,22,24);1H. The van der Waals surface area contributed by atoms with Gasteiger partial charge in [0.15, 0.2) is 0 Å². The zero-order valence-corrected chi connectivity index (χ0v) is 17.3. The first-order valence-electron chi connectivity index (χ1n) is 9.09. The number of amides is 2. The molecule has 28 heavy (non-hydrogen) atoms. The first kappa shape index (κ1) is 22.5. The molecule has 1 aliphatic heterocycles. The van der Waals surface area contributed by atoms with Crippen LogP contribution < -0.4 is 11.1 Å². The van der Waals surface area contributed by atoms with Gasteiger partial charge in [-0.05, 0) is 22.4 Å². The van der Waals surface area contributed by atoms with Gasteiger partial charge in [0.05, 0.1) is 30.8 Å². The van der Waals surface area contributed by atoms with E-state index in [9.17, 15) is 9.59 Å². The van der Waals surface area contributed by atoms with E-state index in [4.69, 9.17) is 10.5 Å². The highest BCUT2D eigenvalue weighted by Crippen LogP contribution is 2.20. The minimum absolute atomic E-state index is 0. The van der Waals surface area contributed by atoms with Crippen LogP contribution in [0.15, 0.2) is 42.5 Å². The fraction of sp³-hybridized carbons (Fsp3) is 0.400. The van der Waals surface area contributed by atoms with E-state index in [1.54, 1.807) is 4.90 Å². The Kier molecular flexibility index (Phi) is 9.05. The average molecular weight is 424 g/mol. The highest BCUT2D eigenvalue weighted by molar-refractivity contribution is 8.00. The Morgan fingerprint density at radius 3 is 2.54 bits per heavy atom. The van der Waals surface area contributed by atoms with Crippen molar-refractivity contribution < 1.29 is 14.3 Å². The van der Waals surface area contributed by atoms with E-state index in [1.165, 1.54) is 11.8 Å². The van der Waals surface area contributed by atoms with Gasteiger partial charge >= 0.3 is 0 Å². The fourth-order valence-electron chi connectivity index (χ4n) is 3.07. The lowest BCUT2D eigenvalue weighted by atomic mass is 10.0. The fourth-order valence-corrected chi connectivity index (χ4v) is 3.80. The molecule has 0 bridgehead atoms. The van der Waals surface area contributed by atoms with E-state index in [0.717, 1.165) is 16.3 Å². The van der Waals surface area contributed by atoms with Crippen LogP contribution in [-0.2, 0) is 14.3 Å². The van der Waals surface area contributed by atoms with Gasteiger partial charge in [-0.1, -0.05) is 36.4 Å². The number of ether oxygens (including phenoxy) is 1. The second-order valence-corrected chi connectivity index (χ2v) is 7.43. The topological polar surface area (TPSA) is 84.7 Å². The lowest BCUT2D eigenvalue weighted by Gasteiger charge is -2.26. The normalized spacial score (nSPS) is 15.0. The molecule has 6 nitrogen and oxygen atoms in total. The van der Waals surface area contributed by atoms with Crippen LogP contribution >= 0.6 is 24.2 Å². The van der Waals surface area contributed by atoms with Crippen LogP contribution in [0.1, 0.15) is 11.6 Å². The Morgan fingerprint density at radius 2 is 1.82 bits per heavy atom. The van der Waals surface area contributed by atoms with Crippen LogP contribution in [0.3, 0.4) is 0 Å². The second kappa shape index (κ2) is 11.3. The van der Waals surface area contributed by atoms with Crippen LogP contribution in [-0.4, -0.2) is 61.1 Å². The molecule has 1 atom stereocenters. The summed E-state index contributed by atoms with van der Waals surface area (Å²) in [5.41, 5.74) is 6.86. The number of benzene rings is 2. The summed E-state index contributed by atoms with van der Waals surface area (Å²) in [5.74, 6) is 0.482. The Hall–Kier alpha value is -1.80. The third-order valence-electron chi connectivity index (χ3n) is 4.57. The molecule has 2 amide bonds. The largest absolute Gasteiger partial charge is 0.378 e. The van der Waals surface area contributed by atoms with Gasteiger partial charge in [0.1, 0.15) is 0 Å². The van der Waals surface area contributed by atoms with Gasteiger partial charge in [0.25, 0.3) is 0 Å². The molecular weight excluding hydrogens is 398 g/mol. The number of hydrogen-bond donors (Lipinski definition) is 2. The lowest BCUT2D eigenvalue weighted by Crippen LogP contribution is -2.41. The average Bonchev–Trinajstić information content (AvgIpc) is 2.72. The SMILES string of the molecule is Cl.NCC(NC(=O)CSCC(=O)N1CCOCC1)c1ccc2ccccc2c1. The molecule has 2 aromatic carbocycles. The molecule has 0 aliphatic carbocycles. The minimum atomic E-state index is -0.238. The summed E-state index contributed by atoms with van der Waals surface area (Å²) >= 11 is 1.33. The molecule has 1 heterocycles. The third-order valence-corrected chi connectivity index (χ3v) is 5.49. The Labute approximate surface area is 175 Å². The van der Waals surface area contributed by atoms with Crippen molar-refractivity contribution in [2.45, 2.75) is 6.04 Å². The van der Waals surface area contributed by atoms with Crippen molar-refractivity contribution in [1.29, 1.82) is 0 Å². The van der Waals surface area contributed by atoms with Gasteiger partial charge in [-0.25, -0.2) is 0 Å². The molecule has 3 N–H and O–H groups in total. The van der Waals surface area contributed by atoms with Crippen molar-refractivity contribution in [3.63, 3.8) is 0 Å². The molecule has 1 fully saturated rings. The summed E-state index contributed by atoms with van der Waals surface area (Å²) in [6.45, 7) is 2.74. The van der Waals surface area contributed by atoms with Gasteiger partial charge in [-0.3, -0.25) is 9.59 Å². The van der Waals surface area contributed by atoms with Gasteiger partial charge in [0.2, 0.25) is 11.8 Å². The molecule has 0 radical (unpaired) electrons. The second-order valence-electron chi connectivity index (χ2n) is 6.45. The number of nitrogens with one attached hydrogen (secondary N) is 1. The molecule has 0 saturated carbocycles. The maximum absolute atomic E-state index is 12.3. The molecule has 1 unspecified atom stereocenters. The van der Waals surface area contributed by atoms with Crippen molar-refractivity contribution in [2.24, 2.45) is 5.73 Å². The van der Waals surface area contributed by atoms with Crippen LogP contribution in [0, 0.1) is 0 Å². The van der Waals surface area contributed by atoms with E-state index in [-0.39, 0.29) is 36.0 Å². The molecule has 3 rings (SSSR count). The lowest BCUT2D eigenvalue weighted by molar-refractivity contribution is -0.132. The monoisotopic (exact) mass is 423 g/mol. The maximum Gasteiger partial charge on any atom is 0.232 e. The minimum Gasteiger partial charge on any atom is -0.378 e. The number of morpholine rings is 1. The van der Waals surface area contributed by atoms with Gasteiger partial charge < -0.3 is 20.7 Å². The number of carbonyl (C=O) groups is 2. The van der Waals surface area contributed by atoms with Crippen molar-refractivity contribution in [1.82, 2.24) is 10.2 Å². The summed E-state index contributed by atoms with van der Waals surface area (Å²) in [4.78, 5) is 26.2. The van der Waals surface area contributed by atoms with Crippen molar-refractivity contribution in [3.8, 4) is 0 Å². The van der Waals surface area contributed by atoms with E-state index < -0.39 is 0 Å². The van der Waals surface area contributed by atoms with Crippen LogP contribution in [0.5, 0.6) is 0 Å². The smallest absolute Gasteiger partial charge is 0.232 e. The summed E-state index contributed by atoms with van der Waals surface area (Å²) < 4.78 is 5.24. The maximum atomic E-state index is 12.3. The highest BCUT2D eigenvalue weighted by Gasteiger charge is 2.18. The van der Waals surface area contributed by atoms with Crippen molar-refractivity contribution >= 4 is 46.8 Å². The molecule has 8 heteroatoms. The summed E-state index contributed by atoms with van der Waals surface area (Å²) in [7, 11) is 0. The molecular formula is C20H26ClN3O3S. The Balaban J connectivity index is 0.00000280. The Morgan fingerprint density at radius 1 is 1.11 bits per heavy atom. The van der Waals surface area contributed by atoms with E-state index >= 15 is 0 Å². The number of carbonyl (C=O) groups excluding carboxylic acids is 2. The molecule has 1 saturated heterocycles. The predicted octanol–water partition coefficient (Wildman–Crippen LogP) is 1.97. The highest BCUT2D eigenvalue weighted by atomic mass is 35.5.